The number of aliphatic carboxylic acids is 1. The van der Waals surface area contributed by atoms with Crippen molar-refractivity contribution in [3.63, 3.8) is 0 Å². The van der Waals surface area contributed by atoms with Crippen LogP contribution in [0.3, 0.4) is 0 Å². The van der Waals surface area contributed by atoms with Crippen LogP contribution >= 0.6 is 12.4 Å². The van der Waals surface area contributed by atoms with Crippen LogP contribution in [0.25, 0.3) is 0 Å². The number of halogens is 3. The summed E-state index contributed by atoms with van der Waals surface area (Å²) >= 11 is 0. The lowest BCUT2D eigenvalue weighted by molar-refractivity contribution is -0.168. The molecule has 1 unspecified atom stereocenters. The van der Waals surface area contributed by atoms with Crippen LogP contribution in [0, 0.1) is 5.92 Å². The normalized spacial score (nSPS) is 19.6. The minimum Gasteiger partial charge on any atom is -0.477 e. The molecule has 3 N–H and O–H groups in total. The standard InChI is InChI=1S/C6H9F2NO2.ClH/c7-6(8,5(10)11)4(9)3-1-2-3;/h3-4H,1-2,9H2,(H,10,11);1H. The highest BCUT2D eigenvalue weighted by Gasteiger charge is 2.51. The highest BCUT2D eigenvalue weighted by molar-refractivity contribution is 5.85. The Morgan fingerprint density at radius 3 is 2.25 bits per heavy atom. The van der Waals surface area contributed by atoms with Gasteiger partial charge in [-0.15, -0.1) is 12.4 Å². The minimum absolute atomic E-state index is 0. The third kappa shape index (κ3) is 2.04. The largest absolute Gasteiger partial charge is 0.477 e. The average molecular weight is 202 g/mol. The molecule has 0 aliphatic heterocycles. The molecule has 6 heteroatoms. The van der Waals surface area contributed by atoms with Gasteiger partial charge in [0.1, 0.15) is 0 Å². The first-order valence-corrected chi connectivity index (χ1v) is 3.33. The van der Waals surface area contributed by atoms with E-state index in [0.717, 1.165) is 0 Å². The zero-order chi connectivity index (χ0) is 8.65. The van der Waals surface area contributed by atoms with Gasteiger partial charge in [-0.2, -0.15) is 8.78 Å². The van der Waals surface area contributed by atoms with Crippen molar-refractivity contribution in [3.05, 3.63) is 0 Å². The number of carboxylic acids is 1. The van der Waals surface area contributed by atoms with E-state index in [9.17, 15) is 13.6 Å². The van der Waals surface area contributed by atoms with E-state index in [1.54, 1.807) is 0 Å². The van der Waals surface area contributed by atoms with Gasteiger partial charge in [0.05, 0.1) is 6.04 Å². The number of hydrogen-bond acceptors (Lipinski definition) is 2. The Kier molecular flexibility index (Phi) is 3.41. The van der Waals surface area contributed by atoms with Gasteiger partial charge < -0.3 is 10.8 Å². The van der Waals surface area contributed by atoms with E-state index < -0.39 is 17.9 Å². The Bertz CT molecular complexity index is 184. The molecule has 1 aliphatic carbocycles. The second-order valence-corrected chi connectivity index (χ2v) is 2.79. The van der Waals surface area contributed by atoms with Crippen molar-refractivity contribution in [2.45, 2.75) is 24.8 Å². The summed E-state index contributed by atoms with van der Waals surface area (Å²) in [6, 6.07) is -1.51. The topological polar surface area (TPSA) is 63.3 Å². The lowest BCUT2D eigenvalue weighted by Gasteiger charge is -2.18. The Morgan fingerprint density at radius 2 is 2.00 bits per heavy atom. The van der Waals surface area contributed by atoms with Crippen LogP contribution < -0.4 is 5.73 Å². The fraction of sp³-hybridized carbons (Fsp3) is 0.833. The number of hydrogen-bond donors (Lipinski definition) is 2. The third-order valence-corrected chi connectivity index (χ3v) is 1.83. The Hall–Kier alpha value is -0.420. The van der Waals surface area contributed by atoms with Crippen molar-refractivity contribution in [2.24, 2.45) is 11.7 Å². The fourth-order valence-electron chi connectivity index (χ4n) is 0.894. The average Bonchev–Trinajstić information content (AvgIpc) is 2.66. The van der Waals surface area contributed by atoms with Gasteiger partial charge >= 0.3 is 11.9 Å². The smallest absolute Gasteiger partial charge is 0.376 e. The Labute approximate surface area is 74.3 Å². The van der Waals surface area contributed by atoms with E-state index in [-0.39, 0.29) is 18.3 Å². The van der Waals surface area contributed by atoms with Gasteiger partial charge in [-0.3, -0.25) is 0 Å². The molecule has 72 valence electrons. The Morgan fingerprint density at radius 1 is 1.58 bits per heavy atom. The zero-order valence-electron chi connectivity index (χ0n) is 6.17. The van der Waals surface area contributed by atoms with E-state index in [4.69, 9.17) is 10.8 Å². The lowest BCUT2D eigenvalue weighted by atomic mass is 10.1. The lowest BCUT2D eigenvalue weighted by Crippen LogP contribution is -2.48. The summed E-state index contributed by atoms with van der Waals surface area (Å²) in [6.07, 6.45) is 1.23. The molecule has 1 atom stereocenters. The Balaban J connectivity index is 0.00000121. The molecule has 0 saturated heterocycles. The first-order valence-electron chi connectivity index (χ1n) is 3.33. The van der Waals surface area contributed by atoms with Gasteiger partial charge in [0, 0.05) is 0 Å². The molecule has 0 spiro atoms. The number of alkyl halides is 2. The van der Waals surface area contributed by atoms with Crippen LogP contribution in [-0.4, -0.2) is 23.0 Å². The van der Waals surface area contributed by atoms with Crippen LogP contribution in [0.4, 0.5) is 8.78 Å². The summed E-state index contributed by atoms with van der Waals surface area (Å²) in [7, 11) is 0. The fourth-order valence-corrected chi connectivity index (χ4v) is 0.894. The molecule has 1 rings (SSSR count). The SMILES string of the molecule is Cl.NC(C1CC1)C(F)(F)C(=O)O. The number of carboxylic acid groups (broad SMARTS) is 1. The van der Waals surface area contributed by atoms with Crippen LogP contribution in [0.1, 0.15) is 12.8 Å². The minimum atomic E-state index is -3.76. The van der Waals surface area contributed by atoms with Gasteiger partial charge in [-0.05, 0) is 18.8 Å². The maximum absolute atomic E-state index is 12.5. The second kappa shape index (κ2) is 3.53. The van der Waals surface area contributed by atoms with Crippen LogP contribution in [-0.2, 0) is 4.79 Å². The first-order chi connectivity index (χ1) is 4.96. The summed E-state index contributed by atoms with van der Waals surface area (Å²) in [5.41, 5.74) is 5.03. The molecular weight excluding hydrogens is 192 g/mol. The number of rotatable bonds is 3. The zero-order valence-corrected chi connectivity index (χ0v) is 6.98. The van der Waals surface area contributed by atoms with E-state index in [1.165, 1.54) is 0 Å². The van der Waals surface area contributed by atoms with Crippen molar-refractivity contribution < 1.29 is 18.7 Å². The summed E-state index contributed by atoms with van der Waals surface area (Å²) in [6.45, 7) is 0. The first kappa shape index (κ1) is 11.6. The van der Waals surface area contributed by atoms with Gasteiger partial charge in [-0.1, -0.05) is 0 Å². The molecular formula is C6H10ClF2NO2. The van der Waals surface area contributed by atoms with E-state index in [2.05, 4.69) is 0 Å². The maximum Gasteiger partial charge on any atom is 0.376 e. The molecule has 0 aromatic heterocycles. The summed E-state index contributed by atoms with van der Waals surface area (Å²) < 4.78 is 25.0. The maximum atomic E-state index is 12.5. The van der Waals surface area contributed by atoms with Crippen LogP contribution in [0.15, 0.2) is 0 Å². The molecule has 0 amide bonds. The molecule has 1 fully saturated rings. The molecule has 1 aliphatic rings. The van der Waals surface area contributed by atoms with Gasteiger partial charge in [0.2, 0.25) is 0 Å². The molecule has 12 heavy (non-hydrogen) atoms. The van der Waals surface area contributed by atoms with Crippen LogP contribution in [0.5, 0.6) is 0 Å². The molecule has 0 radical (unpaired) electrons. The molecule has 0 heterocycles. The van der Waals surface area contributed by atoms with Gasteiger partial charge in [-0.25, -0.2) is 4.79 Å². The molecule has 0 bridgehead atoms. The van der Waals surface area contributed by atoms with Crippen molar-refractivity contribution in [2.75, 3.05) is 0 Å². The van der Waals surface area contributed by atoms with E-state index in [1.807, 2.05) is 0 Å². The number of carbonyl (C=O) groups is 1. The van der Waals surface area contributed by atoms with Gasteiger partial charge in [0.15, 0.2) is 0 Å². The highest BCUT2D eigenvalue weighted by Crippen LogP contribution is 2.38. The van der Waals surface area contributed by atoms with Crippen molar-refractivity contribution in [1.29, 1.82) is 0 Å². The quantitative estimate of drug-likeness (QED) is 0.712. The highest BCUT2D eigenvalue weighted by atomic mass is 35.5. The van der Waals surface area contributed by atoms with Crippen LogP contribution in [0.2, 0.25) is 0 Å². The third-order valence-electron chi connectivity index (χ3n) is 1.83. The summed E-state index contributed by atoms with van der Waals surface area (Å²) in [4.78, 5) is 9.96. The molecule has 0 aromatic carbocycles. The summed E-state index contributed by atoms with van der Waals surface area (Å²) in [5, 5.41) is 8.06. The monoisotopic (exact) mass is 201 g/mol. The van der Waals surface area contributed by atoms with Gasteiger partial charge in [0.25, 0.3) is 0 Å². The molecule has 1 saturated carbocycles. The van der Waals surface area contributed by atoms with Crippen molar-refractivity contribution >= 4 is 18.4 Å². The predicted molar refractivity (Wildman–Crippen MR) is 40.5 cm³/mol. The molecule has 0 aromatic rings. The van der Waals surface area contributed by atoms with Crippen molar-refractivity contribution in [1.82, 2.24) is 0 Å². The van der Waals surface area contributed by atoms with Crippen molar-refractivity contribution in [3.8, 4) is 0 Å². The number of nitrogens with two attached hydrogens (primary N) is 1. The molecule has 3 nitrogen and oxygen atoms in total. The van der Waals surface area contributed by atoms with E-state index in [0.29, 0.717) is 12.8 Å². The van der Waals surface area contributed by atoms with E-state index >= 15 is 0 Å². The predicted octanol–water partition coefficient (Wildman–Crippen LogP) is 0.865. The summed E-state index contributed by atoms with van der Waals surface area (Å²) in [5.74, 6) is -6.20. The second-order valence-electron chi connectivity index (χ2n) is 2.79.